The molecule has 0 radical (unpaired) electrons. The maximum absolute atomic E-state index is 2.65. The summed E-state index contributed by atoms with van der Waals surface area (Å²) in [6.07, 6.45) is 5.20. The molecule has 44 heavy (non-hydrogen) atoms. The Bertz CT molecular complexity index is 1640. The van der Waals surface area contributed by atoms with Crippen LogP contribution in [0.2, 0.25) is 13.1 Å². The third-order valence-electron chi connectivity index (χ3n) is 10.0. The first-order valence-corrected chi connectivity index (χ1v) is 24.6. The summed E-state index contributed by atoms with van der Waals surface area (Å²) in [5.74, 6) is 0.781. The molecular formula is C40H44Cl2SiZr. The van der Waals surface area contributed by atoms with Gasteiger partial charge < -0.3 is 24.8 Å². The molecule has 226 valence electrons. The van der Waals surface area contributed by atoms with E-state index in [1.54, 1.807) is 33.4 Å². The van der Waals surface area contributed by atoms with E-state index in [9.17, 15) is 0 Å². The van der Waals surface area contributed by atoms with Crippen molar-refractivity contribution >= 4 is 17.6 Å². The molecule has 0 fully saturated rings. The van der Waals surface area contributed by atoms with E-state index in [-0.39, 0.29) is 24.8 Å². The summed E-state index contributed by atoms with van der Waals surface area (Å²) in [4.78, 5) is 0. The van der Waals surface area contributed by atoms with Crippen LogP contribution in [0.4, 0.5) is 0 Å². The van der Waals surface area contributed by atoms with Crippen LogP contribution in [0, 0.1) is 13.8 Å². The molecule has 0 aromatic heterocycles. The number of fused-ring (bicyclic) bond motifs is 2. The van der Waals surface area contributed by atoms with Gasteiger partial charge >= 0.3 is 263 Å². The molecule has 6 rings (SSSR count). The Balaban J connectivity index is 0.00000221. The molecule has 0 amide bonds. The molecule has 4 heteroatoms. The molecule has 0 N–H and O–H groups in total. The quantitative estimate of drug-likeness (QED) is 0.244. The maximum atomic E-state index is 2.65. The van der Waals surface area contributed by atoms with Crippen molar-refractivity contribution in [2.24, 2.45) is 0 Å². The monoisotopic (exact) mass is 712 g/mol. The summed E-state index contributed by atoms with van der Waals surface area (Å²) in [6.45, 7) is 19.8. The molecule has 2 aliphatic carbocycles. The van der Waals surface area contributed by atoms with Crippen LogP contribution in [0.1, 0.15) is 102 Å². The van der Waals surface area contributed by atoms with Crippen molar-refractivity contribution in [2.45, 2.75) is 73.7 Å². The third-order valence-corrected chi connectivity index (χ3v) is 29.8. The van der Waals surface area contributed by atoms with Gasteiger partial charge in [0.2, 0.25) is 0 Å². The van der Waals surface area contributed by atoms with Crippen molar-refractivity contribution < 1.29 is 45.2 Å². The van der Waals surface area contributed by atoms with Gasteiger partial charge in [-0.25, -0.2) is 0 Å². The number of aryl methyl sites for hydroxylation is 2. The first-order chi connectivity index (χ1) is 20.2. The molecular weight excluding hydrogens is 671 g/mol. The van der Waals surface area contributed by atoms with Crippen molar-refractivity contribution in [3.05, 3.63) is 152 Å². The Kier molecular flexibility index (Phi) is 11.3. The minimum absolute atomic E-state index is 0. The molecule has 0 spiro atoms. The summed E-state index contributed by atoms with van der Waals surface area (Å²) < 4.78 is 1.31. The van der Waals surface area contributed by atoms with Gasteiger partial charge in [-0.3, -0.25) is 0 Å². The van der Waals surface area contributed by atoms with E-state index in [1.165, 1.54) is 33.4 Å². The number of benzene rings is 4. The summed E-state index contributed by atoms with van der Waals surface area (Å²) in [6, 6.07) is 31.9. The van der Waals surface area contributed by atoms with Crippen molar-refractivity contribution in [1.29, 1.82) is 0 Å². The SMILES string of the molecule is CC1=Cc2c(C(C)c3ccccc3)ccc(C)c2[CH]1[Zr+2]([CH]1C(C)=Cc2c(C(C)c3ccccc3)ccc(C)c21)=[Si](C)C.[Cl-].[Cl-]. The minimum Gasteiger partial charge on any atom is -1.00 e. The number of hydrogen-bond acceptors (Lipinski definition) is 0. The fourth-order valence-corrected chi connectivity index (χ4v) is 29.0. The predicted octanol–water partition coefficient (Wildman–Crippen LogP) is 5.10. The van der Waals surface area contributed by atoms with Gasteiger partial charge in [0, 0.05) is 0 Å². The molecule has 4 aromatic rings. The minimum atomic E-state index is -2.15. The van der Waals surface area contributed by atoms with Crippen LogP contribution in [-0.4, -0.2) is 5.43 Å². The van der Waals surface area contributed by atoms with E-state index in [1.807, 2.05) is 0 Å². The van der Waals surface area contributed by atoms with Crippen molar-refractivity contribution in [1.82, 2.24) is 0 Å². The zero-order chi connectivity index (χ0) is 29.7. The van der Waals surface area contributed by atoms with E-state index in [2.05, 4.69) is 152 Å². The van der Waals surface area contributed by atoms with E-state index in [0.717, 1.165) is 0 Å². The molecule has 0 saturated carbocycles. The van der Waals surface area contributed by atoms with Gasteiger partial charge in [0.15, 0.2) is 0 Å². The zero-order valence-corrected chi connectivity index (χ0v) is 32.3. The van der Waals surface area contributed by atoms with E-state index < -0.39 is 25.8 Å². The van der Waals surface area contributed by atoms with Gasteiger partial charge in [-0.15, -0.1) is 0 Å². The van der Waals surface area contributed by atoms with Gasteiger partial charge in [0.1, 0.15) is 0 Å². The van der Waals surface area contributed by atoms with Crippen molar-refractivity contribution in [2.75, 3.05) is 0 Å². The standard InChI is InChI=1S/2C19H19.C2H6Si.2ClH.Zr/c2*1-13-11-18-14(2)9-10-17(19(18)12-13)15(3)16-7-5-4-6-8-16;1-3-2;;;/h2*4-12,15H,1-3H3;1-2H3;2*1H;/q;;;;;+2/p-2. The largest absolute Gasteiger partial charge is 1.00 e. The van der Waals surface area contributed by atoms with Crippen LogP contribution in [0.25, 0.3) is 12.2 Å². The molecule has 0 heterocycles. The van der Waals surface area contributed by atoms with Gasteiger partial charge in [-0.1, -0.05) is 0 Å². The second-order valence-corrected chi connectivity index (χ2v) is 30.8. The van der Waals surface area contributed by atoms with E-state index >= 15 is 0 Å². The van der Waals surface area contributed by atoms with Crippen LogP contribution in [0.15, 0.2) is 96.1 Å². The number of rotatable bonds is 6. The van der Waals surface area contributed by atoms with Crippen molar-refractivity contribution in [3.8, 4) is 0 Å². The molecule has 4 aromatic carbocycles. The fourth-order valence-electron chi connectivity index (χ4n) is 7.83. The topological polar surface area (TPSA) is 0 Å². The summed E-state index contributed by atoms with van der Waals surface area (Å²) in [5.41, 5.74) is 18.1. The Hall–Kier alpha value is -1.96. The fraction of sp³-hybridized carbons (Fsp3) is 0.300. The van der Waals surface area contributed by atoms with Gasteiger partial charge in [-0.2, -0.15) is 0 Å². The van der Waals surface area contributed by atoms with E-state index in [0.29, 0.717) is 19.1 Å². The number of hydrogen-bond donors (Lipinski definition) is 0. The molecule has 2 aliphatic rings. The Labute approximate surface area is 286 Å². The average Bonchev–Trinajstić information content (AvgIpc) is 3.51. The molecule has 0 bridgehead atoms. The first kappa shape index (κ1) is 34.9. The zero-order valence-electron chi connectivity index (χ0n) is 27.3. The number of allylic oxidation sites excluding steroid dienone is 2. The molecule has 0 aliphatic heterocycles. The summed E-state index contributed by atoms with van der Waals surface area (Å²) in [5, 5.41) is 0. The first-order valence-electron chi connectivity index (χ1n) is 15.6. The molecule has 0 nitrogen and oxygen atoms in total. The van der Waals surface area contributed by atoms with Gasteiger partial charge in [0.25, 0.3) is 0 Å². The third kappa shape index (κ3) is 6.10. The van der Waals surface area contributed by atoms with Crippen LogP contribution < -0.4 is 24.8 Å². The second-order valence-electron chi connectivity index (χ2n) is 13.0. The molecule has 0 saturated heterocycles. The van der Waals surface area contributed by atoms with E-state index in [4.69, 9.17) is 0 Å². The Morgan fingerprint density at radius 3 is 1.25 bits per heavy atom. The maximum Gasteiger partial charge on any atom is -1.00 e. The smallest absolute Gasteiger partial charge is 1.00 e. The molecule has 4 unspecified atom stereocenters. The predicted molar refractivity (Wildman–Crippen MR) is 181 cm³/mol. The van der Waals surface area contributed by atoms with Crippen LogP contribution in [0.3, 0.4) is 0 Å². The van der Waals surface area contributed by atoms with Crippen molar-refractivity contribution in [3.63, 3.8) is 0 Å². The Morgan fingerprint density at radius 1 is 0.545 bits per heavy atom. The van der Waals surface area contributed by atoms with Gasteiger partial charge in [0.05, 0.1) is 0 Å². The van der Waals surface area contributed by atoms with Crippen LogP contribution in [-0.2, 0) is 20.4 Å². The number of halogens is 2. The van der Waals surface area contributed by atoms with Crippen LogP contribution in [0.5, 0.6) is 0 Å². The summed E-state index contributed by atoms with van der Waals surface area (Å²) >= 11 is -2.15. The van der Waals surface area contributed by atoms with Crippen LogP contribution >= 0.6 is 0 Å². The Morgan fingerprint density at radius 2 is 0.909 bits per heavy atom. The normalized spacial score (nSPS) is 17.5. The average molecular weight is 715 g/mol. The second kappa shape index (κ2) is 14.2. The van der Waals surface area contributed by atoms with Gasteiger partial charge in [-0.05, 0) is 0 Å². The summed E-state index contributed by atoms with van der Waals surface area (Å²) in [7, 11) is 0. The molecule has 4 atom stereocenters.